The van der Waals surface area contributed by atoms with Crippen LogP contribution in [0.4, 0.5) is 5.69 Å². The molecule has 0 aliphatic heterocycles. The van der Waals surface area contributed by atoms with Crippen LogP contribution < -0.4 is 0 Å². The first-order valence-corrected chi connectivity index (χ1v) is 13.5. The van der Waals surface area contributed by atoms with Crippen molar-refractivity contribution < 1.29 is 18.8 Å². The maximum absolute atomic E-state index is 14.3. The van der Waals surface area contributed by atoms with Crippen molar-refractivity contribution in [1.82, 2.24) is 14.3 Å². The van der Waals surface area contributed by atoms with E-state index in [-0.39, 0.29) is 79.0 Å². The lowest BCUT2D eigenvalue weighted by Crippen LogP contribution is -2.38. The molecule has 0 amide bonds. The normalized spacial score (nSPS) is 13.0. The molecule has 1 atom stereocenters. The van der Waals surface area contributed by atoms with Crippen LogP contribution in [0.25, 0.3) is 0 Å². The summed E-state index contributed by atoms with van der Waals surface area (Å²) in [5.74, 6) is 0.401. The number of hydrogen-bond donors (Lipinski definition) is 0. The molecule has 0 N–H and O–H groups in total. The zero-order chi connectivity index (χ0) is 24.3. The average Bonchev–Trinajstić information content (AvgIpc) is 2.72. The summed E-state index contributed by atoms with van der Waals surface area (Å²) < 4.78 is 23.5. The lowest BCUT2D eigenvalue weighted by molar-refractivity contribution is -0.385. The minimum atomic E-state index is -3.83. The van der Waals surface area contributed by atoms with E-state index in [9.17, 15) is 19.5 Å². The number of carbonyl (C=O) groups is 1. The van der Waals surface area contributed by atoms with Gasteiger partial charge in [0.25, 0.3) is 5.69 Å². The highest BCUT2D eigenvalue weighted by Crippen LogP contribution is 2.57. The van der Waals surface area contributed by atoms with Crippen molar-refractivity contribution in [2.24, 2.45) is 0 Å². The molecular formula is C18H27Cl4N4O5P. The smallest absolute Gasteiger partial charge is 0.300 e. The first-order chi connectivity index (χ1) is 15.1. The van der Waals surface area contributed by atoms with Crippen molar-refractivity contribution in [3.63, 3.8) is 0 Å². The molecule has 1 aromatic heterocycles. The van der Waals surface area contributed by atoms with Gasteiger partial charge in [0.05, 0.1) is 10.6 Å². The van der Waals surface area contributed by atoms with Crippen LogP contribution in [0.1, 0.15) is 30.8 Å². The molecule has 0 bridgehead atoms. The summed E-state index contributed by atoms with van der Waals surface area (Å²) in [4.78, 5) is 26.8. The first-order valence-electron chi connectivity index (χ1n) is 9.79. The van der Waals surface area contributed by atoms with Crippen molar-refractivity contribution in [3.05, 3.63) is 33.6 Å². The van der Waals surface area contributed by atoms with E-state index in [4.69, 9.17) is 50.9 Å². The summed E-state index contributed by atoms with van der Waals surface area (Å²) in [6.45, 7) is 3.65. The average molecular weight is 552 g/mol. The number of Topliss-reactive ketones (excluding diaryl/α,β-unsaturated/α-hetero) is 1. The summed E-state index contributed by atoms with van der Waals surface area (Å²) in [7, 11) is -3.83. The zero-order valence-electron chi connectivity index (χ0n) is 17.9. The number of rotatable bonds is 16. The Hall–Kier alpha value is -0.510. The Kier molecular flexibility index (Phi) is 13.5. The molecule has 9 nitrogen and oxygen atoms in total. The third-order valence-corrected chi connectivity index (χ3v) is 7.86. The van der Waals surface area contributed by atoms with Crippen LogP contribution in [0, 0.1) is 17.0 Å². The Bertz CT molecular complexity index is 788. The van der Waals surface area contributed by atoms with Crippen molar-refractivity contribution in [1.29, 1.82) is 0 Å². The summed E-state index contributed by atoms with van der Waals surface area (Å²) in [5.41, 5.74) is 0.225. The standard InChI is InChI=1S/C18H27Cl4N4O5P/c1-14(27)13-18(16-3-4-17(26(28)29)15(2)23-16)31-32(30,24(9-5-19)10-6-20)25(11-7-21)12-8-22/h3-4,18H,5-13H2,1-2H3. The molecule has 1 heterocycles. The Morgan fingerprint density at radius 2 is 1.56 bits per heavy atom. The third-order valence-electron chi connectivity index (χ3n) is 4.43. The van der Waals surface area contributed by atoms with Crippen LogP contribution in [0.15, 0.2) is 12.1 Å². The molecule has 0 aliphatic rings. The predicted octanol–water partition coefficient (Wildman–Crippen LogP) is 5.00. The van der Waals surface area contributed by atoms with Crippen LogP contribution in [0.3, 0.4) is 0 Å². The van der Waals surface area contributed by atoms with Crippen LogP contribution in [-0.4, -0.2) is 74.7 Å². The lowest BCUT2D eigenvalue weighted by atomic mass is 10.1. The molecule has 0 aromatic carbocycles. The van der Waals surface area contributed by atoms with Crippen molar-refractivity contribution in [2.45, 2.75) is 26.4 Å². The monoisotopic (exact) mass is 550 g/mol. The number of aryl methyl sites for hydroxylation is 1. The van der Waals surface area contributed by atoms with E-state index in [1.807, 2.05) is 0 Å². The highest BCUT2D eigenvalue weighted by atomic mass is 35.5. The highest BCUT2D eigenvalue weighted by Gasteiger charge is 2.41. The number of halogens is 4. The van der Waals surface area contributed by atoms with E-state index in [2.05, 4.69) is 4.98 Å². The Labute approximate surface area is 208 Å². The molecule has 0 radical (unpaired) electrons. The van der Waals surface area contributed by atoms with Crippen LogP contribution in [-0.2, 0) is 13.9 Å². The minimum Gasteiger partial charge on any atom is -0.300 e. The molecule has 0 fully saturated rings. The maximum Gasteiger partial charge on any atom is 0.346 e. The van der Waals surface area contributed by atoms with Gasteiger partial charge in [0.1, 0.15) is 17.6 Å². The quantitative estimate of drug-likeness (QED) is 0.122. The number of aromatic nitrogens is 1. The van der Waals surface area contributed by atoms with Crippen LogP contribution >= 0.6 is 54.1 Å². The highest BCUT2D eigenvalue weighted by molar-refractivity contribution is 7.54. The fourth-order valence-electron chi connectivity index (χ4n) is 3.00. The van der Waals surface area contributed by atoms with E-state index in [0.29, 0.717) is 0 Å². The molecule has 182 valence electrons. The van der Waals surface area contributed by atoms with Gasteiger partial charge in [-0.25, -0.2) is 14.3 Å². The number of pyridine rings is 1. The topological polar surface area (TPSA) is 106 Å². The van der Waals surface area contributed by atoms with Gasteiger partial charge in [-0.2, -0.15) is 0 Å². The van der Waals surface area contributed by atoms with Crippen molar-refractivity contribution in [3.8, 4) is 0 Å². The van der Waals surface area contributed by atoms with Gasteiger partial charge in [-0.15, -0.1) is 46.4 Å². The molecule has 14 heteroatoms. The molecular weight excluding hydrogens is 525 g/mol. The van der Waals surface area contributed by atoms with E-state index in [1.165, 1.54) is 35.3 Å². The minimum absolute atomic E-state index is 0.139. The number of nitrogens with zero attached hydrogens (tertiary/aromatic N) is 4. The van der Waals surface area contributed by atoms with Crippen LogP contribution in [0.2, 0.25) is 0 Å². The Morgan fingerprint density at radius 1 is 1.09 bits per heavy atom. The number of carbonyl (C=O) groups excluding carboxylic acids is 1. The second-order valence-electron chi connectivity index (χ2n) is 6.75. The van der Waals surface area contributed by atoms with Gasteiger partial charge < -0.3 is 0 Å². The van der Waals surface area contributed by atoms with E-state index < -0.39 is 18.7 Å². The molecule has 32 heavy (non-hydrogen) atoms. The summed E-state index contributed by atoms with van der Waals surface area (Å²) in [6, 6.07) is 2.67. The first kappa shape index (κ1) is 29.5. The second-order valence-corrected chi connectivity index (χ2v) is 10.6. The fourth-order valence-corrected chi connectivity index (χ4v) is 6.84. The van der Waals surface area contributed by atoms with Gasteiger partial charge in [0.2, 0.25) is 0 Å². The zero-order valence-corrected chi connectivity index (χ0v) is 21.8. The van der Waals surface area contributed by atoms with Crippen molar-refractivity contribution >= 4 is 65.5 Å². The number of alkyl halides is 4. The molecule has 0 saturated carbocycles. The fraction of sp³-hybridized carbons (Fsp3) is 0.667. The number of hydrogen-bond acceptors (Lipinski definition) is 6. The maximum atomic E-state index is 14.3. The summed E-state index contributed by atoms with van der Waals surface area (Å²) >= 11 is 23.8. The third kappa shape index (κ3) is 8.37. The molecule has 0 spiro atoms. The molecule has 1 aromatic rings. The second kappa shape index (κ2) is 14.7. The SMILES string of the molecule is CC(=O)CC(OP(=O)(N(CCCl)CCCl)N(CCCl)CCCl)c1ccc([N+](=O)[O-])c(C)n1. The Morgan fingerprint density at radius 3 is 1.91 bits per heavy atom. The predicted molar refractivity (Wildman–Crippen MR) is 128 cm³/mol. The van der Waals surface area contributed by atoms with Gasteiger partial charge in [0.15, 0.2) is 0 Å². The van der Waals surface area contributed by atoms with E-state index >= 15 is 0 Å². The van der Waals surface area contributed by atoms with E-state index in [0.717, 1.165) is 0 Å². The van der Waals surface area contributed by atoms with Gasteiger partial charge in [-0.05, 0) is 19.9 Å². The Balaban J connectivity index is 3.53. The number of ketones is 1. The molecule has 0 aliphatic carbocycles. The van der Waals surface area contributed by atoms with Gasteiger partial charge in [0, 0.05) is 62.2 Å². The van der Waals surface area contributed by atoms with Gasteiger partial charge in [-0.1, -0.05) is 0 Å². The van der Waals surface area contributed by atoms with Crippen molar-refractivity contribution in [2.75, 3.05) is 49.7 Å². The van der Waals surface area contributed by atoms with Gasteiger partial charge >= 0.3 is 7.67 Å². The van der Waals surface area contributed by atoms with Crippen LogP contribution in [0.5, 0.6) is 0 Å². The largest absolute Gasteiger partial charge is 0.346 e. The molecule has 1 rings (SSSR count). The molecule has 0 saturated heterocycles. The summed E-state index contributed by atoms with van der Waals surface area (Å²) in [5, 5.41) is 11.1. The summed E-state index contributed by atoms with van der Waals surface area (Å²) in [6.07, 6.45) is -1.17. The molecule has 1 unspecified atom stereocenters. The number of nitro groups is 1. The van der Waals surface area contributed by atoms with Gasteiger partial charge in [-0.3, -0.25) is 24.0 Å². The van der Waals surface area contributed by atoms with E-state index in [1.54, 1.807) is 0 Å². The lowest BCUT2D eigenvalue weighted by Gasteiger charge is -2.39.